The summed E-state index contributed by atoms with van der Waals surface area (Å²) >= 11 is 0. The summed E-state index contributed by atoms with van der Waals surface area (Å²) in [7, 11) is 1.88. The van der Waals surface area contributed by atoms with Crippen molar-refractivity contribution in [2.75, 3.05) is 19.7 Å². The molecular weight excluding hydrogens is 318 g/mol. The summed E-state index contributed by atoms with van der Waals surface area (Å²) in [4.78, 5) is 14.6. The van der Waals surface area contributed by atoms with Gasteiger partial charge in [-0.15, -0.1) is 0 Å². The maximum atomic E-state index is 12.8. The van der Waals surface area contributed by atoms with Crippen LogP contribution in [0.25, 0.3) is 11.0 Å². The van der Waals surface area contributed by atoms with E-state index < -0.39 is 0 Å². The van der Waals surface area contributed by atoms with Gasteiger partial charge in [-0.25, -0.2) is 0 Å². The predicted molar refractivity (Wildman–Crippen MR) is 93.1 cm³/mol. The standard InChI is InChI=1S/C19H21N3O3/c1-13-3-4-16-14(12-25-17(16)7-13)8-19(23)22-5-6-24-18(11-22)15-9-20-21(2)10-15/h3-4,7,9-10,12,18H,5-6,8,11H2,1-2H3/t18-/m0/s1. The molecule has 0 radical (unpaired) electrons. The molecule has 0 saturated carbocycles. The fourth-order valence-corrected chi connectivity index (χ4v) is 3.29. The molecule has 3 aromatic rings. The van der Waals surface area contributed by atoms with Crippen molar-refractivity contribution in [3.8, 4) is 0 Å². The first-order chi connectivity index (χ1) is 12.1. The van der Waals surface area contributed by atoms with Gasteiger partial charge in [-0.05, 0) is 18.6 Å². The Bertz CT molecular complexity index is 912. The number of carbonyl (C=O) groups is 1. The van der Waals surface area contributed by atoms with E-state index in [9.17, 15) is 4.79 Å². The summed E-state index contributed by atoms with van der Waals surface area (Å²) in [6.07, 6.45) is 5.65. The van der Waals surface area contributed by atoms with E-state index in [0.29, 0.717) is 26.1 Å². The van der Waals surface area contributed by atoms with Crippen LogP contribution in [0.4, 0.5) is 0 Å². The van der Waals surface area contributed by atoms with Crippen LogP contribution in [0.15, 0.2) is 41.3 Å². The summed E-state index contributed by atoms with van der Waals surface area (Å²) in [6, 6.07) is 6.06. The molecule has 1 aliphatic rings. The predicted octanol–water partition coefficient (Wildman–Crippen LogP) is 2.62. The van der Waals surface area contributed by atoms with Crippen LogP contribution in [-0.4, -0.2) is 40.3 Å². The third-order valence-corrected chi connectivity index (χ3v) is 4.67. The van der Waals surface area contributed by atoms with Crippen LogP contribution in [0.3, 0.4) is 0 Å². The topological polar surface area (TPSA) is 60.5 Å². The van der Waals surface area contributed by atoms with Crippen molar-refractivity contribution in [1.29, 1.82) is 0 Å². The highest BCUT2D eigenvalue weighted by Crippen LogP contribution is 2.25. The number of hydrogen-bond donors (Lipinski definition) is 0. The third kappa shape index (κ3) is 3.17. The second kappa shape index (κ2) is 6.37. The number of fused-ring (bicyclic) bond motifs is 1. The second-order valence-electron chi connectivity index (χ2n) is 6.58. The largest absolute Gasteiger partial charge is 0.464 e. The van der Waals surface area contributed by atoms with Gasteiger partial charge < -0.3 is 14.1 Å². The quantitative estimate of drug-likeness (QED) is 0.736. The molecule has 130 valence electrons. The second-order valence-corrected chi connectivity index (χ2v) is 6.58. The van der Waals surface area contributed by atoms with Gasteiger partial charge in [0.25, 0.3) is 0 Å². The van der Waals surface area contributed by atoms with Crippen LogP contribution in [0.5, 0.6) is 0 Å². The number of benzene rings is 1. The Morgan fingerprint density at radius 1 is 1.40 bits per heavy atom. The Labute approximate surface area is 146 Å². The van der Waals surface area contributed by atoms with Crippen molar-refractivity contribution in [3.63, 3.8) is 0 Å². The lowest BCUT2D eigenvalue weighted by atomic mass is 10.1. The maximum Gasteiger partial charge on any atom is 0.227 e. The van der Waals surface area contributed by atoms with E-state index in [1.807, 2.05) is 43.3 Å². The Balaban J connectivity index is 1.48. The molecule has 1 saturated heterocycles. The number of ether oxygens (including phenoxy) is 1. The highest BCUT2D eigenvalue weighted by molar-refractivity contribution is 5.88. The Hall–Kier alpha value is -2.60. The van der Waals surface area contributed by atoms with Gasteiger partial charge in [-0.3, -0.25) is 9.48 Å². The molecule has 0 N–H and O–H groups in total. The van der Waals surface area contributed by atoms with Crippen LogP contribution in [0.2, 0.25) is 0 Å². The average Bonchev–Trinajstić information content (AvgIpc) is 3.21. The fourth-order valence-electron chi connectivity index (χ4n) is 3.29. The molecule has 1 amide bonds. The molecule has 0 unspecified atom stereocenters. The number of aryl methyl sites for hydroxylation is 2. The minimum atomic E-state index is -0.116. The number of carbonyl (C=O) groups excluding carboxylic acids is 1. The van der Waals surface area contributed by atoms with Crippen LogP contribution < -0.4 is 0 Å². The van der Waals surface area contributed by atoms with E-state index in [0.717, 1.165) is 27.7 Å². The van der Waals surface area contributed by atoms with E-state index in [1.165, 1.54) is 0 Å². The minimum Gasteiger partial charge on any atom is -0.464 e. The highest BCUT2D eigenvalue weighted by Gasteiger charge is 2.26. The first kappa shape index (κ1) is 15.9. The monoisotopic (exact) mass is 339 g/mol. The lowest BCUT2D eigenvalue weighted by molar-refractivity contribution is -0.138. The molecule has 25 heavy (non-hydrogen) atoms. The van der Waals surface area contributed by atoms with Crippen molar-refractivity contribution in [2.45, 2.75) is 19.4 Å². The zero-order valence-corrected chi connectivity index (χ0v) is 14.4. The maximum absolute atomic E-state index is 12.8. The Kier molecular flexibility index (Phi) is 4.05. The molecule has 1 aliphatic heterocycles. The summed E-state index contributed by atoms with van der Waals surface area (Å²) < 4.78 is 13.2. The van der Waals surface area contributed by atoms with E-state index >= 15 is 0 Å². The van der Waals surface area contributed by atoms with E-state index in [4.69, 9.17) is 9.15 Å². The summed E-state index contributed by atoms with van der Waals surface area (Å²) in [5.41, 5.74) is 3.92. The molecule has 3 heterocycles. The molecule has 1 atom stereocenters. The fraction of sp³-hybridized carbons (Fsp3) is 0.368. The zero-order valence-electron chi connectivity index (χ0n) is 14.4. The van der Waals surface area contributed by atoms with Gasteiger partial charge in [0.2, 0.25) is 5.91 Å². The van der Waals surface area contributed by atoms with E-state index in [2.05, 4.69) is 5.10 Å². The summed E-state index contributed by atoms with van der Waals surface area (Å²) in [5.74, 6) is 0.0977. The number of hydrogen-bond acceptors (Lipinski definition) is 4. The third-order valence-electron chi connectivity index (χ3n) is 4.67. The van der Waals surface area contributed by atoms with E-state index in [1.54, 1.807) is 17.1 Å². The van der Waals surface area contributed by atoms with Crippen molar-refractivity contribution < 1.29 is 13.9 Å². The molecule has 6 heteroatoms. The molecule has 1 aromatic carbocycles. The van der Waals surface area contributed by atoms with Gasteiger partial charge in [-0.1, -0.05) is 12.1 Å². The number of rotatable bonds is 3. The lowest BCUT2D eigenvalue weighted by Gasteiger charge is -2.32. The first-order valence-electron chi connectivity index (χ1n) is 8.45. The number of morpholine rings is 1. The molecule has 0 bridgehead atoms. The van der Waals surface area contributed by atoms with Gasteiger partial charge >= 0.3 is 0 Å². The van der Waals surface area contributed by atoms with Crippen molar-refractivity contribution >= 4 is 16.9 Å². The molecule has 6 nitrogen and oxygen atoms in total. The lowest BCUT2D eigenvalue weighted by Crippen LogP contribution is -2.42. The number of amides is 1. The Morgan fingerprint density at radius 3 is 3.08 bits per heavy atom. The van der Waals surface area contributed by atoms with Gasteiger partial charge in [-0.2, -0.15) is 5.10 Å². The van der Waals surface area contributed by atoms with E-state index in [-0.39, 0.29) is 12.0 Å². The number of nitrogens with zero attached hydrogens (tertiary/aromatic N) is 3. The summed E-state index contributed by atoms with van der Waals surface area (Å²) in [5, 5.41) is 5.19. The zero-order chi connectivity index (χ0) is 17.4. The molecule has 4 rings (SSSR count). The molecule has 0 aliphatic carbocycles. The van der Waals surface area contributed by atoms with Gasteiger partial charge in [0.15, 0.2) is 0 Å². The van der Waals surface area contributed by atoms with Gasteiger partial charge in [0, 0.05) is 36.3 Å². The molecule has 0 spiro atoms. The average molecular weight is 339 g/mol. The molecule has 2 aromatic heterocycles. The van der Waals surface area contributed by atoms with Crippen molar-refractivity contribution in [3.05, 3.63) is 53.5 Å². The first-order valence-corrected chi connectivity index (χ1v) is 8.45. The SMILES string of the molecule is Cc1ccc2c(CC(=O)N3CCO[C@H](c4cnn(C)c4)C3)coc2c1. The van der Waals surface area contributed by atoms with Crippen molar-refractivity contribution in [2.24, 2.45) is 7.05 Å². The van der Waals surface area contributed by atoms with Crippen LogP contribution >= 0.6 is 0 Å². The normalized spacial score (nSPS) is 18.0. The van der Waals surface area contributed by atoms with Crippen LogP contribution in [0, 0.1) is 6.92 Å². The number of furan rings is 1. The molecular formula is C19H21N3O3. The van der Waals surface area contributed by atoms with Crippen LogP contribution in [-0.2, 0) is 23.0 Å². The summed E-state index contributed by atoms with van der Waals surface area (Å²) in [6.45, 7) is 3.74. The molecule has 1 fully saturated rings. The van der Waals surface area contributed by atoms with Gasteiger partial charge in [0.05, 0.1) is 32.0 Å². The van der Waals surface area contributed by atoms with Crippen molar-refractivity contribution in [1.82, 2.24) is 14.7 Å². The number of aromatic nitrogens is 2. The minimum absolute atomic E-state index is 0.0977. The van der Waals surface area contributed by atoms with Crippen LogP contribution in [0.1, 0.15) is 22.8 Å². The van der Waals surface area contributed by atoms with Gasteiger partial charge in [0.1, 0.15) is 11.7 Å². The smallest absolute Gasteiger partial charge is 0.227 e. The highest BCUT2D eigenvalue weighted by atomic mass is 16.5. The Morgan fingerprint density at radius 2 is 2.28 bits per heavy atom.